The van der Waals surface area contributed by atoms with Gasteiger partial charge in [0.05, 0.1) is 6.04 Å². The second-order valence-corrected chi connectivity index (χ2v) is 3.94. The lowest BCUT2D eigenvalue weighted by Crippen LogP contribution is -2.50. The van der Waals surface area contributed by atoms with Crippen LogP contribution >= 0.6 is 0 Å². The van der Waals surface area contributed by atoms with E-state index in [2.05, 4.69) is 0 Å². The molecule has 1 fully saturated rings. The van der Waals surface area contributed by atoms with Crippen molar-refractivity contribution in [2.24, 2.45) is 11.7 Å². The number of hydrogen-bond donors (Lipinski definition) is 1. The van der Waals surface area contributed by atoms with Gasteiger partial charge in [-0.3, -0.25) is 14.5 Å². The summed E-state index contributed by atoms with van der Waals surface area (Å²) in [5, 5.41) is 0. The molecule has 1 aliphatic rings. The van der Waals surface area contributed by atoms with Gasteiger partial charge in [-0.05, 0) is 6.42 Å². The third-order valence-corrected chi connectivity index (χ3v) is 2.86. The Bertz CT molecular complexity index is 240. The average Bonchev–Trinajstić information content (AvgIpc) is 2.11. The lowest BCUT2D eigenvalue weighted by atomic mass is 9.96. The first kappa shape index (κ1) is 11.2. The summed E-state index contributed by atoms with van der Waals surface area (Å²) in [7, 11) is 0. The fourth-order valence-corrected chi connectivity index (χ4v) is 1.97. The van der Waals surface area contributed by atoms with E-state index in [0.29, 0.717) is 25.3 Å². The first-order valence-electron chi connectivity index (χ1n) is 5.12. The van der Waals surface area contributed by atoms with Crippen LogP contribution in [0.2, 0.25) is 0 Å². The zero-order valence-electron chi connectivity index (χ0n) is 8.82. The van der Waals surface area contributed by atoms with Crippen molar-refractivity contribution in [2.45, 2.75) is 32.7 Å². The number of likely N-dealkylation sites (tertiary alicyclic amines) is 1. The summed E-state index contributed by atoms with van der Waals surface area (Å²) >= 11 is 0. The van der Waals surface area contributed by atoms with Crippen molar-refractivity contribution < 1.29 is 9.59 Å². The molecule has 0 saturated carbocycles. The highest BCUT2D eigenvalue weighted by Crippen LogP contribution is 2.16. The molecule has 4 nitrogen and oxygen atoms in total. The van der Waals surface area contributed by atoms with Crippen molar-refractivity contribution in [3.8, 4) is 0 Å². The topological polar surface area (TPSA) is 63.4 Å². The summed E-state index contributed by atoms with van der Waals surface area (Å²) in [5.74, 6) is 0.0479. The molecule has 14 heavy (non-hydrogen) atoms. The predicted molar refractivity (Wildman–Crippen MR) is 53.6 cm³/mol. The first-order chi connectivity index (χ1) is 6.56. The zero-order chi connectivity index (χ0) is 10.7. The van der Waals surface area contributed by atoms with Crippen LogP contribution in [-0.4, -0.2) is 35.7 Å². The molecule has 4 heteroatoms. The van der Waals surface area contributed by atoms with E-state index in [4.69, 9.17) is 5.73 Å². The summed E-state index contributed by atoms with van der Waals surface area (Å²) < 4.78 is 0. The normalized spacial score (nSPS) is 26.1. The van der Waals surface area contributed by atoms with E-state index < -0.39 is 0 Å². The van der Waals surface area contributed by atoms with E-state index in [9.17, 15) is 9.59 Å². The van der Waals surface area contributed by atoms with Gasteiger partial charge in [0.25, 0.3) is 0 Å². The minimum absolute atomic E-state index is 0.0390. The van der Waals surface area contributed by atoms with Crippen molar-refractivity contribution in [2.75, 3.05) is 13.1 Å². The Morgan fingerprint density at radius 3 is 2.79 bits per heavy atom. The Hall–Kier alpha value is -0.900. The molecule has 0 aromatic carbocycles. The Balaban J connectivity index is 2.60. The number of ketones is 1. The maximum atomic E-state index is 11.3. The summed E-state index contributed by atoms with van der Waals surface area (Å²) in [5.41, 5.74) is 5.29. The summed E-state index contributed by atoms with van der Waals surface area (Å²) in [6.45, 7) is 5.18. The van der Waals surface area contributed by atoms with Crippen LogP contribution in [0.4, 0.5) is 0 Å². The number of primary amides is 1. The molecule has 1 heterocycles. The smallest absolute Gasteiger partial charge is 0.234 e. The SMILES string of the molecule is CCC(C(N)=O)N1CCC(=O)C(C)C1. The van der Waals surface area contributed by atoms with Gasteiger partial charge < -0.3 is 5.73 Å². The highest BCUT2D eigenvalue weighted by Gasteiger charge is 2.29. The molecule has 0 aromatic heterocycles. The molecule has 0 bridgehead atoms. The van der Waals surface area contributed by atoms with Gasteiger partial charge in [0.2, 0.25) is 5.91 Å². The molecule has 2 unspecified atom stereocenters. The van der Waals surface area contributed by atoms with Crippen LogP contribution in [0.5, 0.6) is 0 Å². The molecule has 1 rings (SSSR count). The minimum atomic E-state index is -0.283. The van der Waals surface area contributed by atoms with E-state index in [1.807, 2.05) is 18.7 Å². The van der Waals surface area contributed by atoms with Gasteiger partial charge in [0.15, 0.2) is 0 Å². The van der Waals surface area contributed by atoms with E-state index in [-0.39, 0.29) is 17.9 Å². The van der Waals surface area contributed by atoms with Crippen LogP contribution in [0.25, 0.3) is 0 Å². The van der Waals surface area contributed by atoms with Gasteiger partial charge in [-0.15, -0.1) is 0 Å². The first-order valence-corrected chi connectivity index (χ1v) is 5.12. The van der Waals surface area contributed by atoms with Crippen molar-refractivity contribution >= 4 is 11.7 Å². The third kappa shape index (κ3) is 2.32. The summed E-state index contributed by atoms with van der Waals surface area (Å²) in [4.78, 5) is 24.4. The van der Waals surface area contributed by atoms with Crippen LogP contribution in [0.1, 0.15) is 26.7 Å². The maximum absolute atomic E-state index is 11.3. The molecule has 0 aromatic rings. The Morgan fingerprint density at radius 1 is 1.71 bits per heavy atom. The fraction of sp³-hybridized carbons (Fsp3) is 0.800. The number of piperidine rings is 1. The predicted octanol–water partition coefficient (Wildman–Crippen LogP) is 0.161. The largest absolute Gasteiger partial charge is 0.368 e. The molecular weight excluding hydrogens is 180 g/mol. The number of rotatable bonds is 3. The van der Waals surface area contributed by atoms with Crippen LogP contribution in [0.15, 0.2) is 0 Å². The Morgan fingerprint density at radius 2 is 2.36 bits per heavy atom. The number of amides is 1. The van der Waals surface area contributed by atoms with Crippen LogP contribution in [0.3, 0.4) is 0 Å². The zero-order valence-corrected chi connectivity index (χ0v) is 8.82. The highest BCUT2D eigenvalue weighted by molar-refractivity contribution is 5.83. The number of hydrogen-bond acceptors (Lipinski definition) is 3. The fourth-order valence-electron chi connectivity index (χ4n) is 1.97. The van der Waals surface area contributed by atoms with Gasteiger partial charge in [-0.1, -0.05) is 13.8 Å². The number of Topliss-reactive ketones (excluding diaryl/α,β-unsaturated/α-hetero) is 1. The lowest BCUT2D eigenvalue weighted by Gasteiger charge is -2.34. The van der Waals surface area contributed by atoms with Gasteiger partial charge in [0, 0.05) is 25.4 Å². The Labute approximate surface area is 84.4 Å². The van der Waals surface area contributed by atoms with Gasteiger partial charge >= 0.3 is 0 Å². The third-order valence-electron chi connectivity index (χ3n) is 2.86. The second-order valence-electron chi connectivity index (χ2n) is 3.94. The Kier molecular flexibility index (Phi) is 3.63. The quantitative estimate of drug-likeness (QED) is 0.702. The molecule has 80 valence electrons. The number of nitrogens with zero attached hydrogens (tertiary/aromatic N) is 1. The molecule has 1 aliphatic heterocycles. The summed E-state index contributed by atoms with van der Waals surface area (Å²) in [6.07, 6.45) is 1.27. The van der Waals surface area contributed by atoms with Crippen molar-refractivity contribution in [1.29, 1.82) is 0 Å². The standard InChI is InChI=1S/C10H18N2O2/c1-3-8(10(11)14)12-5-4-9(13)7(2)6-12/h7-8H,3-6H2,1-2H3,(H2,11,14). The molecule has 0 spiro atoms. The molecule has 2 N–H and O–H groups in total. The van der Waals surface area contributed by atoms with Crippen LogP contribution in [0, 0.1) is 5.92 Å². The number of nitrogens with two attached hydrogens (primary N) is 1. The average molecular weight is 198 g/mol. The number of carbonyl (C=O) groups is 2. The molecule has 1 amide bonds. The highest BCUT2D eigenvalue weighted by atomic mass is 16.1. The van der Waals surface area contributed by atoms with E-state index >= 15 is 0 Å². The summed E-state index contributed by atoms with van der Waals surface area (Å²) in [6, 6.07) is -0.203. The maximum Gasteiger partial charge on any atom is 0.234 e. The molecular formula is C10H18N2O2. The second kappa shape index (κ2) is 4.55. The molecule has 1 saturated heterocycles. The van der Waals surface area contributed by atoms with Crippen molar-refractivity contribution in [3.63, 3.8) is 0 Å². The van der Waals surface area contributed by atoms with Crippen molar-refractivity contribution in [1.82, 2.24) is 4.90 Å². The van der Waals surface area contributed by atoms with Crippen LogP contribution in [-0.2, 0) is 9.59 Å². The minimum Gasteiger partial charge on any atom is -0.368 e. The van der Waals surface area contributed by atoms with Gasteiger partial charge in [0.1, 0.15) is 5.78 Å². The molecule has 0 aliphatic carbocycles. The van der Waals surface area contributed by atoms with E-state index in [1.54, 1.807) is 0 Å². The van der Waals surface area contributed by atoms with Crippen LogP contribution < -0.4 is 5.73 Å². The van der Waals surface area contributed by atoms with Gasteiger partial charge in [-0.2, -0.15) is 0 Å². The van der Waals surface area contributed by atoms with E-state index in [1.165, 1.54) is 0 Å². The monoisotopic (exact) mass is 198 g/mol. The number of carbonyl (C=O) groups excluding carboxylic acids is 2. The molecule has 0 radical (unpaired) electrons. The van der Waals surface area contributed by atoms with E-state index in [0.717, 1.165) is 6.42 Å². The van der Waals surface area contributed by atoms with Gasteiger partial charge in [-0.25, -0.2) is 0 Å². The molecule has 2 atom stereocenters. The van der Waals surface area contributed by atoms with Crippen molar-refractivity contribution in [3.05, 3.63) is 0 Å². The lowest BCUT2D eigenvalue weighted by molar-refractivity contribution is -0.131.